The Morgan fingerprint density at radius 2 is 0.929 bits per heavy atom. The average Bonchev–Trinajstić information content (AvgIpc) is 2.66. The lowest BCUT2D eigenvalue weighted by molar-refractivity contribution is 1.00. The predicted molar refractivity (Wildman–Crippen MR) is 116 cm³/mol. The maximum atomic E-state index is 12.4. The number of nitrogens with one attached hydrogen (secondary N) is 2. The number of H-pyrrole nitrogens is 2. The summed E-state index contributed by atoms with van der Waals surface area (Å²) in [6.07, 6.45) is 3.32. The maximum Gasteiger partial charge on any atom is 0.272 e. The van der Waals surface area contributed by atoms with Crippen molar-refractivity contribution >= 4 is 23.5 Å². The molecule has 2 N–H and O–H groups in total. The molecule has 0 saturated carbocycles. The minimum atomic E-state index is -0.340. The highest BCUT2D eigenvalue weighted by Crippen LogP contribution is 2.13. The van der Waals surface area contributed by atoms with Crippen molar-refractivity contribution in [2.45, 2.75) is 0 Å². The van der Waals surface area contributed by atoms with E-state index in [0.717, 1.165) is 22.5 Å². The fraction of sp³-hybridized carbons (Fsp3) is 0.182. The number of anilines is 2. The lowest BCUT2D eigenvalue weighted by Crippen LogP contribution is -2.46. The van der Waals surface area contributed by atoms with Crippen LogP contribution in [-0.2, 0) is 0 Å². The summed E-state index contributed by atoms with van der Waals surface area (Å²) in [4.78, 5) is 34.2. The number of hydrogen-bond donors (Lipinski definition) is 2. The second-order valence-electron chi connectivity index (χ2n) is 7.00. The van der Waals surface area contributed by atoms with Crippen molar-refractivity contribution < 1.29 is 0 Å². The normalized spacial score (nSPS) is 12.3. The first kappa shape index (κ1) is 19.2. The minimum Gasteiger partial charge on any atom is -0.378 e. The maximum absolute atomic E-state index is 12.4. The van der Waals surface area contributed by atoms with Crippen LogP contribution in [0.5, 0.6) is 0 Å². The molecule has 0 aliphatic carbocycles. The molecule has 6 nitrogen and oxygen atoms in total. The molecular formula is C22H24N4O2. The molecule has 0 saturated heterocycles. The summed E-state index contributed by atoms with van der Waals surface area (Å²) in [5.74, 6) is 0. The number of rotatable bonds is 4. The third-order valence-corrected chi connectivity index (χ3v) is 4.43. The fourth-order valence-electron chi connectivity index (χ4n) is 2.77. The second-order valence-corrected chi connectivity index (χ2v) is 7.00. The van der Waals surface area contributed by atoms with Gasteiger partial charge in [-0.1, -0.05) is 24.3 Å². The van der Waals surface area contributed by atoms with Gasteiger partial charge in [-0.15, -0.1) is 0 Å². The standard InChI is InChI=1S/C22H24N4O2/c1-25(2)17-9-5-15(6-10-17)13-19-21(27)24-20(22(28)23-19)14-16-7-11-18(12-8-16)26(3)4/h5-14H,1-4H3,(H,23,28)(H,24,27)/b19-13+,20-14+. The summed E-state index contributed by atoms with van der Waals surface area (Å²) in [7, 11) is 7.85. The van der Waals surface area contributed by atoms with Gasteiger partial charge in [0.15, 0.2) is 0 Å². The highest BCUT2D eigenvalue weighted by molar-refractivity contribution is 5.56. The van der Waals surface area contributed by atoms with Gasteiger partial charge in [-0.05, 0) is 47.5 Å². The van der Waals surface area contributed by atoms with Crippen LogP contribution in [0.15, 0.2) is 58.1 Å². The van der Waals surface area contributed by atoms with Crippen LogP contribution in [0, 0.1) is 0 Å². The van der Waals surface area contributed by atoms with Gasteiger partial charge in [0.1, 0.15) is 10.7 Å². The third kappa shape index (κ3) is 4.40. The smallest absolute Gasteiger partial charge is 0.272 e. The Kier molecular flexibility index (Phi) is 5.49. The molecule has 3 rings (SSSR count). The van der Waals surface area contributed by atoms with Crippen LogP contribution in [0.2, 0.25) is 0 Å². The molecule has 6 heteroatoms. The van der Waals surface area contributed by atoms with E-state index in [9.17, 15) is 9.59 Å². The highest BCUT2D eigenvalue weighted by atomic mass is 16.1. The summed E-state index contributed by atoms with van der Waals surface area (Å²) in [5, 5.41) is 0.449. The topological polar surface area (TPSA) is 72.2 Å². The molecular weight excluding hydrogens is 352 g/mol. The van der Waals surface area contributed by atoms with Crippen LogP contribution in [0.3, 0.4) is 0 Å². The van der Waals surface area contributed by atoms with E-state index in [4.69, 9.17) is 0 Å². The van der Waals surface area contributed by atoms with Gasteiger partial charge in [0.2, 0.25) is 0 Å². The first-order valence-corrected chi connectivity index (χ1v) is 8.94. The summed E-state index contributed by atoms with van der Waals surface area (Å²) in [6, 6.07) is 15.4. The van der Waals surface area contributed by atoms with Gasteiger partial charge < -0.3 is 19.8 Å². The Bertz CT molecular complexity index is 1090. The first-order valence-electron chi connectivity index (χ1n) is 8.94. The molecule has 0 unspecified atom stereocenters. The largest absolute Gasteiger partial charge is 0.378 e. The number of hydrogen-bond acceptors (Lipinski definition) is 4. The Balaban J connectivity index is 1.99. The van der Waals surface area contributed by atoms with E-state index in [0.29, 0.717) is 0 Å². The molecule has 0 aliphatic heterocycles. The van der Waals surface area contributed by atoms with E-state index in [1.807, 2.05) is 86.5 Å². The van der Waals surface area contributed by atoms with Crippen LogP contribution >= 0.6 is 0 Å². The lowest BCUT2D eigenvalue weighted by Gasteiger charge is -2.11. The van der Waals surface area contributed by atoms with Crippen molar-refractivity contribution in [3.63, 3.8) is 0 Å². The van der Waals surface area contributed by atoms with E-state index >= 15 is 0 Å². The number of benzene rings is 2. The van der Waals surface area contributed by atoms with Crippen molar-refractivity contribution in [2.75, 3.05) is 38.0 Å². The van der Waals surface area contributed by atoms with Crippen molar-refractivity contribution in [3.8, 4) is 0 Å². The number of aromatic amines is 2. The highest BCUT2D eigenvalue weighted by Gasteiger charge is 1.99. The molecule has 0 radical (unpaired) electrons. The van der Waals surface area contributed by atoms with E-state index < -0.39 is 0 Å². The van der Waals surface area contributed by atoms with Crippen molar-refractivity contribution in [1.29, 1.82) is 0 Å². The van der Waals surface area contributed by atoms with Crippen molar-refractivity contribution in [3.05, 3.63) is 91.1 Å². The first-order chi connectivity index (χ1) is 13.3. The Morgan fingerprint density at radius 3 is 1.21 bits per heavy atom. The van der Waals surface area contributed by atoms with Gasteiger partial charge in [0, 0.05) is 39.6 Å². The van der Waals surface area contributed by atoms with Crippen LogP contribution in [0.1, 0.15) is 11.1 Å². The SMILES string of the molecule is CN(C)c1ccc(/C=c2/[nH]c(=O)/c(=C\c3ccc(N(C)C)cc3)[nH]c2=O)cc1. The van der Waals surface area contributed by atoms with Gasteiger partial charge in [-0.3, -0.25) is 9.59 Å². The second kappa shape index (κ2) is 8.00. The number of aromatic nitrogens is 2. The molecule has 28 heavy (non-hydrogen) atoms. The number of nitrogens with zero attached hydrogens (tertiary/aromatic N) is 2. The Labute approximate surface area is 163 Å². The van der Waals surface area contributed by atoms with Crippen LogP contribution in [-0.4, -0.2) is 38.2 Å². The van der Waals surface area contributed by atoms with E-state index in [-0.39, 0.29) is 21.8 Å². The zero-order valence-electron chi connectivity index (χ0n) is 16.5. The summed E-state index contributed by atoms with van der Waals surface area (Å²) >= 11 is 0. The third-order valence-electron chi connectivity index (χ3n) is 4.43. The van der Waals surface area contributed by atoms with Gasteiger partial charge in [-0.25, -0.2) is 0 Å². The zero-order valence-corrected chi connectivity index (χ0v) is 16.5. The van der Waals surface area contributed by atoms with Crippen LogP contribution < -0.4 is 31.6 Å². The van der Waals surface area contributed by atoms with Gasteiger partial charge in [0.05, 0.1) is 0 Å². The summed E-state index contributed by atoms with van der Waals surface area (Å²) < 4.78 is 0. The minimum absolute atomic E-state index is 0.225. The predicted octanol–water partition coefficient (Wildman–Crippen LogP) is 0.853. The molecule has 0 atom stereocenters. The monoisotopic (exact) mass is 376 g/mol. The molecule has 0 amide bonds. The van der Waals surface area contributed by atoms with Gasteiger partial charge in [0.25, 0.3) is 11.1 Å². The average molecular weight is 376 g/mol. The molecule has 1 heterocycles. The lowest BCUT2D eigenvalue weighted by atomic mass is 10.2. The molecule has 0 fully saturated rings. The van der Waals surface area contributed by atoms with E-state index in [2.05, 4.69) is 9.97 Å². The zero-order chi connectivity index (χ0) is 20.3. The molecule has 0 bridgehead atoms. The molecule has 1 aromatic heterocycles. The molecule has 3 aromatic rings. The van der Waals surface area contributed by atoms with Crippen molar-refractivity contribution in [1.82, 2.24) is 9.97 Å². The van der Waals surface area contributed by atoms with Gasteiger partial charge in [-0.2, -0.15) is 0 Å². The van der Waals surface area contributed by atoms with Crippen molar-refractivity contribution in [2.24, 2.45) is 0 Å². The summed E-state index contributed by atoms with van der Waals surface area (Å²) in [5.41, 5.74) is 3.11. The van der Waals surface area contributed by atoms with E-state index in [1.54, 1.807) is 12.2 Å². The fourth-order valence-corrected chi connectivity index (χ4v) is 2.77. The Morgan fingerprint density at radius 1 is 0.607 bits per heavy atom. The molecule has 2 aromatic carbocycles. The quantitative estimate of drug-likeness (QED) is 0.708. The molecule has 0 aliphatic rings. The van der Waals surface area contributed by atoms with Crippen LogP contribution in [0.25, 0.3) is 12.2 Å². The van der Waals surface area contributed by atoms with Crippen LogP contribution in [0.4, 0.5) is 11.4 Å². The summed E-state index contributed by atoms with van der Waals surface area (Å²) in [6.45, 7) is 0. The molecule has 0 spiro atoms. The van der Waals surface area contributed by atoms with E-state index in [1.165, 1.54) is 0 Å². The molecule has 144 valence electrons. The van der Waals surface area contributed by atoms with Gasteiger partial charge >= 0.3 is 0 Å². The Hall–Kier alpha value is -3.54.